The van der Waals surface area contributed by atoms with Crippen molar-refractivity contribution in [2.75, 3.05) is 13.7 Å². The molecule has 6 atom stereocenters. The minimum absolute atomic E-state index is 0.0207. The van der Waals surface area contributed by atoms with Crippen molar-refractivity contribution < 1.29 is 54.1 Å². The third-order valence-electron chi connectivity index (χ3n) is 7.90. The van der Waals surface area contributed by atoms with E-state index in [4.69, 9.17) is 26.0 Å². The fourth-order valence-corrected chi connectivity index (χ4v) is 6.04. The number of hydrogen-bond acceptors (Lipinski definition) is 12. The SMILES string of the molecule is COc1cccc2c1C(=O)c1c(O)c3c(c(O)c1C2=O)C[C@@](O)(C(=O)CO)C[C@@H]3O[C@H]1C[C@H](NCl)[C@H](O)[C@H](C)O1. The Morgan fingerprint density at radius 2 is 1.88 bits per heavy atom. The Bertz CT molecular complexity index is 1410. The van der Waals surface area contributed by atoms with E-state index in [0.717, 1.165) is 0 Å². The molecule has 0 aromatic heterocycles. The number of nitrogens with one attached hydrogen (secondary N) is 1. The molecule has 0 bridgehead atoms. The summed E-state index contributed by atoms with van der Waals surface area (Å²) in [7, 11) is 1.32. The highest BCUT2D eigenvalue weighted by atomic mass is 35.5. The molecule has 2 aromatic rings. The van der Waals surface area contributed by atoms with Crippen molar-refractivity contribution in [1.29, 1.82) is 0 Å². The smallest absolute Gasteiger partial charge is 0.202 e. The Kier molecular flexibility index (Phi) is 7.38. The number of hydrogen-bond donors (Lipinski definition) is 6. The van der Waals surface area contributed by atoms with E-state index >= 15 is 0 Å². The van der Waals surface area contributed by atoms with E-state index in [1.165, 1.54) is 25.3 Å². The molecule has 0 spiro atoms. The van der Waals surface area contributed by atoms with Crippen LogP contribution in [-0.2, 0) is 20.7 Å². The number of phenols is 2. The number of carbonyl (C=O) groups is 3. The number of methoxy groups -OCH3 is 1. The van der Waals surface area contributed by atoms with Gasteiger partial charge in [0, 0.05) is 36.0 Å². The molecule has 5 rings (SSSR count). The number of ketones is 3. The van der Waals surface area contributed by atoms with Gasteiger partial charge in [0.15, 0.2) is 17.9 Å². The zero-order valence-corrected chi connectivity index (χ0v) is 22.3. The average molecular weight is 578 g/mol. The molecule has 12 nitrogen and oxygen atoms in total. The quantitative estimate of drug-likeness (QED) is 0.178. The summed E-state index contributed by atoms with van der Waals surface area (Å²) in [5.41, 5.74) is -3.68. The van der Waals surface area contributed by atoms with Crippen LogP contribution in [0.15, 0.2) is 18.2 Å². The summed E-state index contributed by atoms with van der Waals surface area (Å²) in [6, 6.07) is 3.70. The Morgan fingerprint density at radius 3 is 2.52 bits per heavy atom. The first kappa shape index (κ1) is 28.4. The van der Waals surface area contributed by atoms with Gasteiger partial charge < -0.3 is 39.7 Å². The summed E-state index contributed by atoms with van der Waals surface area (Å²) in [5, 5.41) is 54.0. The summed E-state index contributed by atoms with van der Waals surface area (Å²) >= 11 is 5.77. The van der Waals surface area contributed by atoms with Crippen molar-refractivity contribution in [3.8, 4) is 17.2 Å². The number of benzene rings is 2. The number of aliphatic hydroxyl groups excluding tert-OH is 2. The van der Waals surface area contributed by atoms with Crippen molar-refractivity contribution in [3.63, 3.8) is 0 Å². The summed E-state index contributed by atoms with van der Waals surface area (Å²) in [4.78, 5) is 42.3. The fraction of sp³-hybridized carbons (Fsp3) is 0.444. The third kappa shape index (κ3) is 4.27. The zero-order valence-electron chi connectivity index (χ0n) is 21.5. The molecule has 0 unspecified atom stereocenters. The number of ether oxygens (including phenoxy) is 3. The summed E-state index contributed by atoms with van der Waals surface area (Å²) in [6.45, 7) is 0.554. The molecular weight excluding hydrogens is 550 g/mol. The first-order valence-corrected chi connectivity index (χ1v) is 12.9. The first-order chi connectivity index (χ1) is 19.0. The molecule has 1 aliphatic heterocycles. The van der Waals surface area contributed by atoms with Crippen LogP contribution in [0.1, 0.15) is 68.8 Å². The second kappa shape index (κ2) is 10.4. The second-order valence-electron chi connectivity index (χ2n) is 10.2. The summed E-state index contributed by atoms with van der Waals surface area (Å²) in [6.07, 6.45) is -5.19. The summed E-state index contributed by atoms with van der Waals surface area (Å²) in [5.74, 6) is -3.81. The number of carbonyl (C=O) groups excluding carboxylic acids is 3. The van der Waals surface area contributed by atoms with Crippen LogP contribution in [0.4, 0.5) is 0 Å². The Morgan fingerprint density at radius 1 is 1.18 bits per heavy atom. The van der Waals surface area contributed by atoms with Crippen LogP contribution in [0.5, 0.6) is 17.2 Å². The van der Waals surface area contributed by atoms with E-state index in [1.54, 1.807) is 6.92 Å². The molecule has 2 aromatic carbocycles. The van der Waals surface area contributed by atoms with E-state index in [2.05, 4.69) is 4.84 Å². The van der Waals surface area contributed by atoms with Crippen molar-refractivity contribution in [2.45, 2.75) is 62.4 Å². The minimum Gasteiger partial charge on any atom is -0.507 e. The maximum absolute atomic E-state index is 13.7. The maximum atomic E-state index is 13.7. The number of rotatable bonds is 6. The lowest BCUT2D eigenvalue weighted by Crippen LogP contribution is -2.53. The molecule has 3 aliphatic rings. The molecule has 13 heteroatoms. The van der Waals surface area contributed by atoms with Gasteiger partial charge >= 0.3 is 0 Å². The van der Waals surface area contributed by atoms with Gasteiger partial charge in [-0.05, 0) is 24.8 Å². The maximum Gasteiger partial charge on any atom is 0.202 e. The van der Waals surface area contributed by atoms with Crippen molar-refractivity contribution in [2.24, 2.45) is 0 Å². The van der Waals surface area contributed by atoms with Gasteiger partial charge in [-0.3, -0.25) is 14.4 Å². The molecule has 0 radical (unpaired) electrons. The zero-order chi connectivity index (χ0) is 29.1. The van der Waals surface area contributed by atoms with E-state index < -0.39 is 95.7 Å². The molecule has 1 saturated heterocycles. The fourth-order valence-electron chi connectivity index (χ4n) is 5.82. The van der Waals surface area contributed by atoms with Crippen LogP contribution in [0.3, 0.4) is 0 Å². The van der Waals surface area contributed by atoms with Gasteiger partial charge in [-0.2, -0.15) is 0 Å². The van der Waals surface area contributed by atoms with Gasteiger partial charge in [0.1, 0.15) is 29.5 Å². The molecule has 1 fully saturated rings. The van der Waals surface area contributed by atoms with Crippen LogP contribution in [0.25, 0.3) is 0 Å². The number of fused-ring (bicyclic) bond motifs is 3. The van der Waals surface area contributed by atoms with Gasteiger partial charge in [-0.15, -0.1) is 0 Å². The normalized spacial score (nSPS) is 29.4. The van der Waals surface area contributed by atoms with Crippen molar-refractivity contribution >= 4 is 29.1 Å². The lowest BCUT2D eigenvalue weighted by atomic mass is 9.72. The second-order valence-corrected chi connectivity index (χ2v) is 10.4. The third-order valence-corrected chi connectivity index (χ3v) is 8.18. The largest absolute Gasteiger partial charge is 0.507 e. The lowest BCUT2D eigenvalue weighted by Gasteiger charge is -2.42. The molecular formula is C27H28ClNO11. The summed E-state index contributed by atoms with van der Waals surface area (Å²) < 4.78 is 17.1. The van der Waals surface area contributed by atoms with Gasteiger partial charge in [-0.1, -0.05) is 12.1 Å². The highest BCUT2D eigenvalue weighted by molar-refractivity contribution is 6.31. The standard InChI is InChI=1S/C27H28ClNO11/c1-10-22(32)13(29-28)6-17(39-10)40-15-8-27(37,16(31)9-30)7-12-19(15)26(36)21-20(24(12)34)23(33)11-4-3-5-14(38-2)18(11)25(21)35/h3-5,10,13,15,17,22,29-30,32,34,36-37H,6-9H2,1-2H3/t10-,13-,15-,17-,22+,27-/m0/s1. The van der Waals surface area contributed by atoms with Crippen LogP contribution >= 0.6 is 11.8 Å². The molecule has 0 saturated carbocycles. The van der Waals surface area contributed by atoms with E-state index in [1.807, 2.05) is 0 Å². The Balaban J connectivity index is 1.68. The van der Waals surface area contributed by atoms with Crippen molar-refractivity contribution in [3.05, 3.63) is 51.6 Å². The monoisotopic (exact) mass is 577 g/mol. The highest BCUT2D eigenvalue weighted by Gasteiger charge is 2.50. The molecule has 214 valence electrons. The molecule has 40 heavy (non-hydrogen) atoms. The van der Waals surface area contributed by atoms with Crippen LogP contribution < -0.4 is 9.57 Å². The van der Waals surface area contributed by atoms with Crippen LogP contribution in [-0.4, -0.2) is 86.7 Å². The van der Waals surface area contributed by atoms with Crippen molar-refractivity contribution in [1.82, 2.24) is 4.84 Å². The van der Waals surface area contributed by atoms with Gasteiger partial charge in [-0.25, -0.2) is 4.84 Å². The minimum atomic E-state index is -2.25. The lowest BCUT2D eigenvalue weighted by molar-refractivity contribution is -0.248. The van der Waals surface area contributed by atoms with Gasteiger partial charge in [0.2, 0.25) is 5.78 Å². The predicted molar refractivity (Wildman–Crippen MR) is 137 cm³/mol. The number of Topliss-reactive ketones (excluding diaryl/α,β-unsaturated/α-hetero) is 1. The molecule has 1 heterocycles. The Hall–Kier alpha value is -3.10. The van der Waals surface area contributed by atoms with Crippen LogP contribution in [0, 0.1) is 0 Å². The molecule has 2 aliphatic carbocycles. The number of aliphatic hydroxyl groups is 3. The van der Waals surface area contributed by atoms with Gasteiger partial charge in [0.25, 0.3) is 0 Å². The Labute approximate surface area is 233 Å². The number of aromatic hydroxyl groups is 2. The molecule has 0 amide bonds. The first-order valence-electron chi connectivity index (χ1n) is 12.6. The van der Waals surface area contributed by atoms with E-state index in [9.17, 15) is 39.9 Å². The predicted octanol–water partition coefficient (Wildman–Crippen LogP) is 0.786. The van der Waals surface area contributed by atoms with E-state index in [0.29, 0.717) is 0 Å². The number of halogens is 1. The average Bonchev–Trinajstić information content (AvgIpc) is 2.94. The molecule has 6 N–H and O–H groups in total. The van der Waals surface area contributed by atoms with E-state index in [-0.39, 0.29) is 34.4 Å². The number of phenolic OH excluding ortho intramolecular Hbond substituents is 2. The van der Waals surface area contributed by atoms with Gasteiger partial charge in [0.05, 0.1) is 48.2 Å². The topological polar surface area (TPSA) is 192 Å². The highest BCUT2D eigenvalue weighted by Crippen LogP contribution is 2.52. The van der Waals surface area contributed by atoms with Crippen LogP contribution in [0.2, 0.25) is 0 Å².